The first kappa shape index (κ1) is 24.3. The number of nitrogens with zero attached hydrogens (tertiary/aromatic N) is 6. The number of nitrogens with two attached hydrogens (primary N) is 1. The Morgan fingerprint density at radius 1 is 0.949 bits per heavy atom. The molecule has 2 aliphatic heterocycles. The third-order valence-corrected chi connectivity index (χ3v) is 9.16. The number of fused-ring (bicyclic) bond motifs is 1. The first-order valence-corrected chi connectivity index (χ1v) is 14.2. The number of nitrogen functional groups attached to an aromatic ring is 1. The van der Waals surface area contributed by atoms with Crippen molar-refractivity contribution >= 4 is 23.1 Å². The summed E-state index contributed by atoms with van der Waals surface area (Å²) in [5, 5.41) is 5.96. The molecular weight excluding hydrogens is 486 g/mol. The Morgan fingerprint density at radius 2 is 1.69 bits per heavy atom. The van der Waals surface area contributed by atoms with Crippen molar-refractivity contribution < 1.29 is 9.31 Å². The quantitative estimate of drug-likeness (QED) is 0.365. The SMILES string of the molecule is CN1CC([N+]2=CCC3(CCC(n4nc(-c5ccc(Oc6ccccc6)cc5)c5c(N)ncnc54)CC3)CC2)C1. The Morgan fingerprint density at radius 3 is 2.38 bits per heavy atom. The molecule has 39 heavy (non-hydrogen) atoms. The van der Waals surface area contributed by atoms with Crippen LogP contribution in [0.3, 0.4) is 0 Å². The number of rotatable bonds is 5. The predicted octanol–water partition coefficient (Wildman–Crippen LogP) is 5.16. The average Bonchev–Trinajstić information content (AvgIpc) is 3.34. The van der Waals surface area contributed by atoms with Gasteiger partial charge in [0.15, 0.2) is 11.7 Å². The lowest BCUT2D eigenvalue weighted by atomic mass is 9.67. The van der Waals surface area contributed by atoms with Gasteiger partial charge in [-0.2, -0.15) is 5.10 Å². The normalized spacial score (nSPS) is 24.0. The highest BCUT2D eigenvalue weighted by Gasteiger charge is 2.42. The highest BCUT2D eigenvalue weighted by Crippen LogP contribution is 2.47. The molecule has 0 bridgehead atoms. The second-order valence-electron chi connectivity index (χ2n) is 11.7. The van der Waals surface area contributed by atoms with Gasteiger partial charge in [-0.25, -0.2) is 19.2 Å². The number of likely N-dealkylation sites (tertiary alicyclic amines) is 1. The van der Waals surface area contributed by atoms with Gasteiger partial charge in [0, 0.05) is 18.4 Å². The van der Waals surface area contributed by atoms with Crippen LogP contribution in [0.5, 0.6) is 11.5 Å². The van der Waals surface area contributed by atoms with E-state index in [1.807, 2.05) is 54.6 Å². The zero-order valence-corrected chi connectivity index (χ0v) is 22.5. The number of para-hydroxylation sites is 1. The summed E-state index contributed by atoms with van der Waals surface area (Å²) in [6.45, 7) is 3.61. The molecule has 200 valence electrons. The van der Waals surface area contributed by atoms with Gasteiger partial charge in [-0.1, -0.05) is 18.2 Å². The molecule has 2 fully saturated rings. The number of aromatic nitrogens is 4. The zero-order chi connectivity index (χ0) is 26.4. The van der Waals surface area contributed by atoms with Gasteiger partial charge < -0.3 is 10.5 Å². The van der Waals surface area contributed by atoms with Gasteiger partial charge >= 0.3 is 0 Å². The van der Waals surface area contributed by atoms with Crippen LogP contribution in [-0.4, -0.2) is 68.2 Å². The van der Waals surface area contributed by atoms with Crippen LogP contribution < -0.4 is 10.5 Å². The molecule has 3 aliphatic rings. The number of anilines is 1. The van der Waals surface area contributed by atoms with Crippen LogP contribution in [0.15, 0.2) is 60.9 Å². The molecule has 1 saturated carbocycles. The van der Waals surface area contributed by atoms with Crippen molar-refractivity contribution in [3.63, 3.8) is 0 Å². The highest BCUT2D eigenvalue weighted by molar-refractivity contribution is 5.98. The summed E-state index contributed by atoms with van der Waals surface area (Å²) in [6, 6.07) is 18.9. The highest BCUT2D eigenvalue weighted by atomic mass is 16.5. The van der Waals surface area contributed by atoms with Crippen molar-refractivity contribution in [2.75, 3.05) is 32.4 Å². The standard InChI is InChI=1S/C31H36N7O/c1-36-19-24(20-36)37-17-15-31(16-18-37)13-11-23(12-14-31)38-30-27(29(32)33-21-34-30)28(35-38)22-7-9-26(10-8-22)39-25-5-3-2-4-6-25/h2-10,17,21,23-24H,11-16,18-20H2,1H3,(H2,32,33,34)/q+1. The summed E-state index contributed by atoms with van der Waals surface area (Å²) in [4.78, 5) is 11.4. The first-order valence-electron chi connectivity index (χ1n) is 14.2. The predicted molar refractivity (Wildman–Crippen MR) is 153 cm³/mol. The molecule has 0 amide bonds. The lowest BCUT2D eigenvalue weighted by Gasteiger charge is -2.42. The van der Waals surface area contributed by atoms with E-state index < -0.39 is 0 Å². The van der Waals surface area contributed by atoms with Crippen LogP contribution in [0, 0.1) is 5.41 Å². The van der Waals surface area contributed by atoms with Crippen LogP contribution in [0.25, 0.3) is 22.3 Å². The molecule has 4 heterocycles. The zero-order valence-electron chi connectivity index (χ0n) is 22.5. The van der Waals surface area contributed by atoms with Crippen LogP contribution in [0.4, 0.5) is 5.82 Å². The Bertz CT molecular complexity index is 1500. The fourth-order valence-corrected chi connectivity index (χ4v) is 6.75. The maximum Gasteiger partial charge on any atom is 0.177 e. The molecule has 4 aromatic rings. The van der Waals surface area contributed by atoms with Crippen LogP contribution in [-0.2, 0) is 0 Å². The maximum absolute atomic E-state index is 6.40. The van der Waals surface area contributed by atoms with E-state index in [1.54, 1.807) is 6.33 Å². The molecule has 8 nitrogen and oxygen atoms in total. The Labute approximate surface area is 229 Å². The van der Waals surface area contributed by atoms with Gasteiger partial charge in [-0.3, -0.25) is 4.90 Å². The van der Waals surface area contributed by atoms with Gasteiger partial charge in [0.2, 0.25) is 0 Å². The molecule has 0 atom stereocenters. The van der Waals surface area contributed by atoms with E-state index in [9.17, 15) is 0 Å². The molecular formula is C31H36N7O+. The molecule has 2 N–H and O–H groups in total. The largest absolute Gasteiger partial charge is 0.457 e. The van der Waals surface area contributed by atoms with Crippen LogP contribution >= 0.6 is 0 Å². The van der Waals surface area contributed by atoms with E-state index in [2.05, 4.69) is 37.4 Å². The van der Waals surface area contributed by atoms with Crippen molar-refractivity contribution in [1.82, 2.24) is 24.6 Å². The third-order valence-electron chi connectivity index (χ3n) is 9.16. The third kappa shape index (κ3) is 4.56. The van der Waals surface area contributed by atoms with Crippen molar-refractivity contribution in [2.24, 2.45) is 5.41 Å². The van der Waals surface area contributed by atoms with Gasteiger partial charge in [0.05, 0.1) is 24.5 Å². The Hall–Kier alpha value is -3.78. The fourth-order valence-electron chi connectivity index (χ4n) is 6.75. The van der Waals surface area contributed by atoms with Crippen molar-refractivity contribution in [3.8, 4) is 22.8 Å². The van der Waals surface area contributed by atoms with Gasteiger partial charge in [-0.05, 0) is 74.5 Å². The minimum Gasteiger partial charge on any atom is -0.457 e. The van der Waals surface area contributed by atoms with Gasteiger partial charge in [0.1, 0.15) is 42.1 Å². The minimum atomic E-state index is 0.320. The molecule has 1 aliphatic carbocycles. The molecule has 2 aromatic heterocycles. The summed E-state index contributed by atoms with van der Waals surface area (Å²) in [5.41, 5.74) is 9.49. The fraction of sp³-hybridized carbons (Fsp3) is 0.419. The molecule has 0 unspecified atom stereocenters. The van der Waals surface area contributed by atoms with Gasteiger partial charge in [-0.15, -0.1) is 0 Å². The molecule has 0 radical (unpaired) electrons. The molecule has 1 saturated heterocycles. The topological polar surface area (TPSA) is 85.1 Å². The number of hydrogen-bond donors (Lipinski definition) is 1. The van der Waals surface area contributed by atoms with Crippen molar-refractivity contribution in [1.29, 1.82) is 0 Å². The van der Waals surface area contributed by atoms with E-state index in [0.717, 1.165) is 52.7 Å². The summed E-state index contributed by atoms with van der Waals surface area (Å²) < 4.78 is 10.7. The summed E-state index contributed by atoms with van der Waals surface area (Å²) in [7, 11) is 2.21. The number of likely N-dealkylation sites (N-methyl/N-ethyl adjacent to an activating group) is 1. The Balaban J connectivity index is 1.11. The number of hydrogen-bond acceptors (Lipinski definition) is 6. The van der Waals surface area contributed by atoms with Gasteiger partial charge in [0.25, 0.3) is 0 Å². The van der Waals surface area contributed by atoms with Crippen LogP contribution in [0.2, 0.25) is 0 Å². The average molecular weight is 523 g/mol. The molecule has 1 spiro atoms. The van der Waals surface area contributed by atoms with E-state index in [1.165, 1.54) is 45.3 Å². The summed E-state index contributed by atoms with van der Waals surface area (Å²) in [5.74, 6) is 2.07. The summed E-state index contributed by atoms with van der Waals surface area (Å²) in [6.07, 6.45) is 11.3. The maximum atomic E-state index is 6.40. The number of ether oxygens (including phenoxy) is 1. The second kappa shape index (κ2) is 9.75. The molecule has 8 heteroatoms. The lowest BCUT2D eigenvalue weighted by molar-refractivity contribution is -0.583. The van der Waals surface area contributed by atoms with E-state index in [0.29, 0.717) is 17.3 Å². The smallest absolute Gasteiger partial charge is 0.177 e. The second-order valence-corrected chi connectivity index (χ2v) is 11.7. The Kier molecular flexibility index (Phi) is 6.07. The molecule has 2 aromatic carbocycles. The minimum absolute atomic E-state index is 0.320. The van der Waals surface area contributed by atoms with Crippen LogP contribution in [0.1, 0.15) is 44.6 Å². The monoisotopic (exact) mass is 522 g/mol. The first-order chi connectivity index (χ1) is 19.1. The number of benzene rings is 2. The lowest BCUT2D eigenvalue weighted by Crippen LogP contribution is -2.56. The van der Waals surface area contributed by atoms with E-state index in [-0.39, 0.29) is 0 Å². The van der Waals surface area contributed by atoms with Crippen molar-refractivity contribution in [3.05, 3.63) is 60.9 Å². The van der Waals surface area contributed by atoms with Crippen molar-refractivity contribution in [2.45, 2.75) is 50.6 Å². The van der Waals surface area contributed by atoms with E-state index in [4.69, 9.17) is 15.6 Å². The molecule has 7 rings (SSSR count). The van der Waals surface area contributed by atoms with E-state index >= 15 is 0 Å². The summed E-state index contributed by atoms with van der Waals surface area (Å²) >= 11 is 0.